The first kappa shape index (κ1) is 24.1. The lowest BCUT2D eigenvalue weighted by Gasteiger charge is -2.47. The number of halogens is 1. The highest BCUT2D eigenvalue weighted by Crippen LogP contribution is 2.50. The molecule has 0 aromatic carbocycles. The molecule has 3 saturated carbocycles. The van der Waals surface area contributed by atoms with Crippen LogP contribution in [0.2, 0.25) is 0 Å². The number of anilines is 1. The van der Waals surface area contributed by atoms with Gasteiger partial charge in [0.1, 0.15) is 10.5 Å². The van der Waals surface area contributed by atoms with Crippen LogP contribution in [0.3, 0.4) is 0 Å². The van der Waals surface area contributed by atoms with Crippen molar-refractivity contribution in [3.8, 4) is 0 Å². The number of aromatic nitrogens is 4. The summed E-state index contributed by atoms with van der Waals surface area (Å²) >= 11 is 1.38. The van der Waals surface area contributed by atoms with Crippen molar-refractivity contribution in [2.45, 2.75) is 64.5 Å². The van der Waals surface area contributed by atoms with Crippen molar-refractivity contribution in [1.82, 2.24) is 30.2 Å². The number of pyridine rings is 1. The van der Waals surface area contributed by atoms with E-state index < -0.39 is 5.82 Å². The zero-order valence-electron chi connectivity index (χ0n) is 21.0. The minimum atomic E-state index is -0.427. The Balaban J connectivity index is 1.16. The van der Waals surface area contributed by atoms with E-state index in [-0.39, 0.29) is 41.0 Å². The molecule has 37 heavy (non-hydrogen) atoms. The van der Waals surface area contributed by atoms with Gasteiger partial charge in [0.05, 0.1) is 23.3 Å². The van der Waals surface area contributed by atoms with Gasteiger partial charge in [0.15, 0.2) is 11.3 Å². The number of fused-ring (bicyclic) bond motifs is 4. The summed E-state index contributed by atoms with van der Waals surface area (Å²) in [5.41, 5.74) is 1.17. The van der Waals surface area contributed by atoms with Gasteiger partial charge in [0.2, 0.25) is 11.9 Å². The Morgan fingerprint density at radius 1 is 1.14 bits per heavy atom. The molecule has 1 atom stereocenters. The van der Waals surface area contributed by atoms with Crippen LogP contribution in [0.25, 0.3) is 10.3 Å². The highest BCUT2D eigenvalue weighted by molar-refractivity contribution is 7.18. The Bertz CT molecular complexity index is 1350. The lowest BCUT2D eigenvalue weighted by atomic mass is 9.60. The first-order chi connectivity index (χ1) is 17.8. The van der Waals surface area contributed by atoms with Crippen molar-refractivity contribution in [3.05, 3.63) is 40.5 Å². The second-order valence-electron chi connectivity index (χ2n) is 10.7. The van der Waals surface area contributed by atoms with E-state index in [4.69, 9.17) is 0 Å². The molecule has 3 aromatic heterocycles. The van der Waals surface area contributed by atoms with Gasteiger partial charge in [-0.25, -0.2) is 14.4 Å². The number of thiazole rings is 1. The quantitative estimate of drug-likeness (QED) is 0.502. The summed E-state index contributed by atoms with van der Waals surface area (Å²) < 4.78 is 14.3. The number of carbonyl (C=O) groups is 2. The minimum absolute atomic E-state index is 0.0379. The molecule has 1 saturated heterocycles. The van der Waals surface area contributed by atoms with Crippen LogP contribution < -0.4 is 10.6 Å². The normalized spacial score (nSPS) is 24.1. The van der Waals surface area contributed by atoms with E-state index in [0.717, 1.165) is 55.6 Å². The number of hydrogen-bond acceptors (Lipinski definition) is 8. The van der Waals surface area contributed by atoms with Gasteiger partial charge in [-0.2, -0.15) is 4.98 Å². The van der Waals surface area contributed by atoms with Crippen molar-refractivity contribution in [2.75, 3.05) is 18.4 Å². The summed E-state index contributed by atoms with van der Waals surface area (Å²) in [6, 6.07) is 1.03. The molecule has 4 aliphatic rings. The fourth-order valence-corrected chi connectivity index (χ4v) is 6.73. The predicted molar refractivity (Wildman–Crippen MR) is 138 cm³/mol. The molecule has 194 valence electrons. The summed E-state index contributed by atoms with van der Waals surface area (Å²) in [7, 11) is 0. The number of carbonyl (C=O) groups excluding carboxylic acids is 2. The van der Waals surface area contributed by atoms with E-state index in [2.05, 4.69) is 30.6 Å². The van der Waals surface area contributed by atoms with Crippen LogP contribution >= 0.6 is 11.3 Å². The highest BCUT2D eigenvalue weighted by atomic mass is 32.1. The molecule has 11 heteroatoms. The molecule has 2 amide bonds. The summed E-state index contributed by atoms with van der Waals surface area (Å²) in [4.78, 5) is 45.7. The third-order valence-electron chi connectivity index (χ3n) is 8.21. The SMILES string of the molecule is Cc1nc2nc(NC(C)c3cncc(F)c3)nc(C(=O)N3CC(NC(=O)C45CCC(CC4)CC5)C3)c2s1. The maximum Gasteiger partial charge on any atom is 0.274 e. The van der Waals surface area contributed by atoms with Crippen molar-refractivity contribution in [1.29, 1.82) is 0 Å². The van der Waals surface area contributed by atoms with Crippen LogP contribution in [0.5, 0.6) is 0 Å². The first-order valence-electron chi connectivity index (χ1n) is 12.9. The molecule has 0 radical (unpaired) electrons. The number of nitrogens with one attached hydrogen (secondary N) is 2. The van der Waals surface area contributed by atoms with E-state index >= 15 is 0 Å². The summed E-state index contributed by atoms with van der Waals surface area (Å²) in [5, 5.41) is 7.15. The molecule has 4 heterocycles. The lowest BCUT2D eigenvalue weighted by molar-refractivity contribution is -0.138. The Morgan fingerprint density at radius 2 is 1.86 bits per heavy atom. The first-order valence-corrected chi connectivity index (χ1v) is 13.7. The second kappa shape index (κ2) is 9.27. The monoisotopic (exact) mass is 523 g/mol. The average Bonchev–Trinajstić information content (AvgIpc) is 3.26. The summed E-state index contributed by atoms with van der Waals surface area (Å²) in [5.74, 6) is 0.581. The Kier molecular flexibility index (Phi) is 6.05. The molecule has 2 N–H and O–H groups in total. The molecule has 3 aromatic rings. The average molecular weight is 524 g/mol. The molecule has 7 rings (SSSR count). The zero-order valence-corrected chi connectivity index (χ0v) is 21.8. The van der Waals surface area contributed by atoms with E-state index in [9.17, 15) is 14.0 Å². The van der Waals surface area contributed by atoms with E-state index in [1.807, 2.05) is 13.8 Å². The smallest absolute Gasteiger partial charge is 0.274 e. The molecule has 2 bridgehead atoms. The van der Waals surface area contributed by atoms with Crippen LogP contribution in [0.4, 0.5) is 10.3 Å². The predicted octanol–water partition coefficient (Wildman–Crippen LogP) is 4.01. The molecule has 1 unspecified atom stereocenters. The van der Waals surface area contributed by atoms with Crippen molar-refractivity contribution < 1.29 is 14.0 Å². The molecule has 3 aliphatic carbocycles. The second-order valence-corrected chi connectivity index (χ2v) is 11.9. The van der Waals surface area contributed by atoms with Crippen LogP contribution in [-0.4, -0.2) is 55.8 Å². The maximum absolute atomic E-state index is 13.6. The van der Waals surface area contributed by atoms with Gasteiger partial charge in [-0.05, 0) is 69.9 Å². The van der Waals surface area contributed by atoms with Crippen molar-refractivity contribution in [2.24, 2.45) is 11.3 Å². The van der Waals surface area contributed by atoms with Crippen molar-refractivity contribution >= 4 is 39.4 Å². The van der Waals surface area contributed by atoms with E-state index in [1.165, 1.54) is 17.4 Å². The number of nitrogens with zero attached hydrogens (tertiary/aromatic N) is 5. The Morgan fingerprint density at radius 3 is 2.57 bits per heavy atom. The van der Waals surface area contributed by atoms with Gasteiger partial charge >= 0.3 is 0 Å². The van der Waals surface area contributed by atoms with E-state index in [0.29, 0.717) is 29.0 Å². The van der Waals surface area contributed by atoms with Gasteiger partial charge in [-0.3, -0.25) is 14.6 Å². The maximum atomic E-state index is 13.6. The number of likely N-dealkylation sites (tertiary alicyclic amines) is 1. The fraction of sp³-hybridized carbons (Fsp3) is 0.538. The van der Waals surface area contributed by atoms with Crippen molar-refractivity contribution in [3.63, 3.8) is 0 Å². The van der Waals surface area contributed by atoms with Crippen LogP contribution in [0.15, 0.2) is 18.5 Å². The van der Waals surface area contributed by atoms with Gasteiger partial charge in [0, 0.05) is 24.7 Å². The molecule has 9 nitrogen and oxygen atoms in total. The number of amides is 2. The standard InChI is InChI=1S/C26H30FN7O2S/c1-14(17-9-18(27)11-28-10-17)29-25-32-20(21-22(33-25)30-15(2)37-21)23(35)34-12-19(13-34)31-24(36)26-6-3-16(4-7-26)5-8-26/h9-11,14,16,19H,3-8,12-13H2,1-2H3,(H,31,36)(H,29,32,33). The summed E-state index contributed by atoms with van der Waals surface area (Å²) in [6.07, 6.45) is 9.16. The minimum Gasteiger partial charge on any atom is -0.349 e. The zero-order chi connectivity index (χ0) is 25.7. The van der Waals surface area contributed by atoms with Gasteiger partial charge in [-0.15, -0.1) is 11.3 Å². The molecule has 0 spiro atoms. The number of aryl methyl sites for hydroxylation is 1. The van der Waals surface area contributed by atoms with Gasteiger partial charge < -0.3 is 15.5 Å². The van der Waals surface area contributed by atoms with Crippen LogP contribution in [0.1, 0.15) is 72.6 Å². The molecular weight excluding hydrogens is 493 g/mol. The largest absolute Gasteiger partial charge is 0.349 e. The topological polar surface area (TPSA) is 113 Å². The highest BCUT2D eigenvalue weighted by Gasteiger charge is 2.47. The lowest BCUT2D eigenvalue weighted by Crippen LogP contribution is -2.63. The molecule has 4 fully saturated rings. The van der Waals surface area contributed by atoms with Gasteiger partial charge in [-0.1, -0.05) is 0 Å². The number of hydrogen-bond donors (Lipinski definition) is 2. The van der Waals surface area contributed by atoms with Crippen LogP contribution in [0, 0.1) is 24.1 Å². The molecule has 1 aliphatic heterocycles. The number of rotatable bonds is 6. The Labute approximate surface area is 218 Å². The van der Waals surface area contributed by atoms with Crippen LogP contribution in [-0.2, 0) is 4.79 Å². The Hall–Kier alpha value is -3.21. The fourth-order valence-electron chi connectivity index (χ4n) is 5.89. The third kappa shape index (κ3) is 4.54. The third-order valence-corrected chi connectivity index (χ3v) is 9.18. The molecular formula is C26H30FN7O2S. The summed E-state index contributed by atoms with van der Waals surface area (Å²) in [6.45, 7) is 4.63. The van der Waals surface area contributed by atoms with Gasteiger partial charge in [0.25, 0.3) is 5.91 Å². The van der Waals surface area contributed by atoms with E-state index in [1.54, 1.807) is 11.1 Å².